The van der Waals surface area contributed by atoms with Gasteiger partial charge in [0.25, 0.3) is 0 Å². The molecule has 0 aromatic rings. The highest BCUT2D eigenvalue weighted by molar-refractivity contribution is 4.87. The van der Waals surface area contributed by atoms with E-state index in [4.69, 9.17) is 0 Å². The van der Waals surface area contributed by atoms with Crippen LogP contribution in [0, 0.1) is 0 Å². The first-order chi connectivity index (χ1) is 9.42. The number of likely N-dealkylation sites (tertiary alicyclic amines) is 1. The molecule has 19 heavy (non-hydrogen) atoms. The van der Waals surface area contributed by atoms with Gasteiger partial charge in [0, 0.05) is 12.1 Å². The summed E-state index contributed by atoms with van der Waals surface area (Å²) in [5.41, 5.74) is 0. The van der Waals surface area contributed by atoms with Crippen LogP contribution in [-0.2, 0) is 0 Å². The van der Waals surface area contributed by atoms with E-state index in [2.05, 4.69) is 17.1 Å². The Bertz CT molecular complexity index is 219. The average molecular weight is 266 g/mol. The zero-order chi connectivity index (χ0) is 13.3. The molecule has 0 aromatic carbocycles. The summed E-state index contributed by atoms with van der Waals surface area (Å²) in [5, 5.41) is 3.87. The molecule has 2 fully saturated rings. The molecule has 1 heterocycles. The van der Waals surface area contributed by atoms with Crippen LogP contribution in [0.4, 0.5) is 0 Å². The van der Waals surface area contributed by atoms with Crippen LogP contribution in [-0.4, -0.2) is 36.6 Å². The highest BCUT2D eigenvalue weighted by atomic mass is 15.2. The molecule has 112 valence electrons. The predicted molar refractivity (Wildman–Crippen MR) is 83.6 cm³/mol. The zero-order valence-electron chi connectivity index (χ0n) is 13.0. The smallest absolute Gasteiger partial charge is 0.0249 e. The first-order valence-corrected chi connectivity index (χ1v) is 8.89. The highest BCUT2D eigenvalue weighted by Gasteiger charge is 2.27. The lowest BCUT2D eigenvalue weighted by Gasteiger charge is -2.38. The van der Waals surface area contributed by atoms with Gasteiger partial charge in [-0.05, 0) is 51.7 Å². The van der Waals surface area contributed by atoms with Gasteiger partial charge in [-0.15, -0.1) is 0 Å². The fourth-order valence-corrected chi connectivity index (χ4v) is 3.90. The molecule has 2 nitrogen and oxygen atoms in total. The monoisotopic (exact) mass is 266 g/mol. The highest BCUT2D eigenvalue weighted by Crippen LogP contribution is 2.24. The van der Waals surface area contributed by atoms with Gasteiger partial charge in [-0.1, -0.05) is 45.4 Å². The second-order valence-electron chi connectivity index (χ2n) is 6.57. The average Bonchev–Trinajstić information content (AvgIpc) is 2.67. The van der Waals surface area contributed by atoms with Crippen LogP contribution in [0.15, 0.2) is 0 Å². The van der Waals surface area contributed by atoms with E-state index in [9.17, 15) is 0 Å². The molecule has 1 saturated heterocycles. The van der Waals surface area contributed by atoms with E-state index in [0.717, 1.165) is 12.1 Å². The third-order valence-corrected chi connectivity index (χ3v) is 5.00. The largest absolute Gasteiger partial charge is 0.312 e. The molecular formula is C17H34N2. The van der Waals surface area contributed by atoms with Gasteiger partial charge in [-0.3, -0.25) is 4.90 Å². The Hall–Kier alpha value is -0.0800. The Labute approximate surface area is 120 Å². The molecule has 0 radical (unpaired) electrons. The molecule has 0 amide bonds. The van der Waals surface area contributed by atoms with Crippen molar-refractivity contribution in [3.8, 4) is 0 Å². The molecule has 0 spiro atoms. The second kappa shape index (κ2) is 8.97. The predicted octanol–water partition coefficient (Wildman–Crippen LogP) is 3.95. The molecule has 2 aliphatic rings. The Kier molecular flexibility index (Phi) is 7.23. The van der Waals surface area contributed by atoms with Crippen LogP contribution in [0.2, 0.25) is 0 Å². The standard InChI is InChI=1S/C17H34N2/c1-2-13-18-16-11-7-3-4-8-12-17(16)19-14-9-5-6-10-15-19/h16-18H,2-15H2,1H3. The van der Waals surface area contributed by atoms with E-state index in [1.807, 2.05) is 0 Å². The number of hydrogen-bond acceptors (Lipinski definition) is 2. The molecule has 0 bridgehead atoms. The van der Waals surface area contributed by atoms with E-state index in [-0.39, 0.29) is 0 Å². The first-order valence-electron chi connectivity index (χ1n) is 8.89. The van der Waals surface area contributed by atoms with Gasteiger partial charge in [0.2, 0.25) is 0 Å². The molecule has 0 aromatic heterocycles. The van der Waals surface area contributed by atoms with Crippen molar-refractivity contribution in [1.29, 1.82) is 0 Å². The van der Waals surface area contributed by atoms with Crippen LogP contribution in [0.3, 0.4) is 0 Å². The fourth-order valence-electron chi connectivity index (χ4n) is 3.90. The maximum absolute atomic E-state index is 3.87. The van der Waals surface area contributed by atoms with Crippen LogP contribution in [0.5, 0.6) is 0 Å². The maximum atomic E-state index is 3.87. The third-order valence-electron chi connectivity index (χ3n) is 5.00. The van der Waals surface area contributed by atoms with Crippen molar-refractivity contribution < 1.29 is 0 Å². The molecular weight excluding hydrogens is 232 g/mol. The summed E-state index contributed by atoms with van der Waals surface area (Å²) in [5.74, 6) is 0. The quantitative estimate of drug-likeness (QED) is 0.829. The zero-order valence-corrected chi connectivity index (χ0v) is 13.0. The lowest BCUT2D eigenvalue weighted by atomic mass is 9.90. The number of rotatable bonds is 4. The van der Waals surface area contributed by atoms with Crippen LogP contribution < -0.4 is 5.32 Å². The summed E-state index contributed by atoms with van der Waals surface area (Å²) >= 11 is 0. The molecule has 1 aliphatic heterocycles. The molecule has 2 rings (SSSR count). The third kappa shape index (κ3) is 5.07. The number of nitrogens with zero attached hydrogens (tertiary/aromatic N) is 1. The SMILES string of the molecule is CCCNC1CCCCCCC1N1CCCCCC1. The summed E-state index contributed by atoms with van der Waals surface area (Å²) in [6.07, 6.45) is 15.7. The minimum atomic E-state index is 0.762. The molecule has 2 unspecified atom stereocenters. The van der Waals surface area contributed by atoms with Gasteiger partial charge in [-0.2, -0.15) is 0 Å². The first kappa shape index (κ1) is 15.3. The maximum Gasteiger partial charge on any atom is 0.0249 e. The molecule has 2 heteroatoms. The van der Waals surface area contributed by atoms with Crippen molar-refractivity contribution in [2.24, 2.45) is 0 Å². The topological polar surface area (TPSA) is 15.3 Å². The van der Waals surface area contributed by atoms with E-state index in [1.165, 1.54) is 90.3 Å². The van der Waals surface area contributed by atoms with Crippen LogP contribution >= 0.6 is 0 Å². The normalized spacial score (nSPS) is 31.4. The summed E-state index contributed by atoms with van der Waals surface area (Å²) < 4.78 is 0. The Balaban J connectivity index is 1.95. The summed E-state index contributed by atoms with van der Waals surface area (Å²) in [6, 6.07) is 1.59. The van der Waals surface area contributed by atoms with Crippen molar-refractivity contribution in [2.75, 3.05) is 19.6 Å². The fraction of sp³-hybridized carbons (Fsp3) is 1.00. The molecule has 1 N–H and O–H groups in total. The molecule has 2 atom stereocenters. The van der Waals surface area contributed by atoms with E-state index in [0.29, 0.717) is 0 Å². The summed E-state index contributed by atoms with van der Waals surface area (Å²) in [6.45, 7) is 6.20. The number of nitrogens with one attached hydrogen (secondary N) is 1. The van der Waals surface area contributed by atoms with Gasteiger partial charge < -0.3 is 5.32 Å². The van der Waals surface area contributed by atoms with Gasteiger partial charge in [0.1, 0.15) is 0 Å². The van der Waals surface area contributed by atoms with Crippen molar-refractivity contribution in [2.45, 2.75) is 89.6 Å². The van der Waals surface area contributed by atoms with E-state index >= 15 is 0 Å². The van der Waals surface area contributed by atoms with Crippen molar-refractivity contribution in [3.05, 3.63) is 0 Å². The van der Waals surface area contributed by atoms with Crippen molar-refractivity contribution in [3.63, 3.8) is 0 Å². The van der Waals surface area contributed by atoms with Gasteiger partial charge >= 0.3 is 0 Å². The van der Waals surface area contributed by atoms with Gasteiger partial charge in [0.15, 0.2) is 0 Å². The lowest BCUT2D eigenvalue weighted by Crippen LogP contribution is -2.51. The van der Waals surface area contributed by atoms with Crippen molar-refractivity contribution >= 4 is 0 Å². The van der Waals surface area contributed by atoms with Gasteiger partial charge in [0.05, 0.1) is 0 Å². The minimum absolute atomic E-state index is 0.762. The Morgan fingerprint density at radius 1 is 0.842 bits per heavy atom. The van der Waals surface area contributed by atoms with E-state index < -0.39 is 0 Å². The Morgan fingerprint density at radius 3 is 2.16 bits per heavy atom. The molecule has 1 aliphatic carbocycles. The van der Waals surface area contributed by atoms with Crippen LogP contribution in [0.1, 0.15) is 77.6 Å². The van der Waals surface area contributed by atoms with Crippen molar-refractivity contribution in [1.82, 2.24) is 10.2 Å². The molecule has 1 saturated carbocycles. The van der Waals surface area contributed by atoms with Crippen LogP contribution in [0.25, 0.3) is 0 Å². The summed E-state index contributed by atoms with van der Waals surface area (Å²) in [7, 11) is 0. The van der Waals surface area contributed by atoms with Gasteiger partial charge in [-0.25, -0.2) is 0 Å². The van der Waals surface area contributed by atoms with E-state index in [1.54, 1.807) is 0 Å². The second-order valence-corrected chi connectivity index (χ2v) is 6.57. The summed E-state index contributed by atoms with van der Waals surface area (Å²) in [4.78, 5) is 2.84. The Morgan fingerprint density at radius 2 is 1.47 bits per heavy atom. The lowest BCUT2D eigenvalue weighted by molar-refractivity contribution is 0.137. The number of hydrogen-bond donors (Lipinski definition) is 1. The minimum Gasteiger partial charge on any atom is -0.312 e.